The van der Waals surface area contributed by atoms with Gasteiger partial charge in [0.05, 0.1) is 0 Å². The number of aryl methyl sites for hydroxylation is 1. The molecule has 1 aliphatic rings. The van der Waals surface area contributed by atoms with E-state index in [9.17, 15) is 0 Å². The molecule has 4 heteroatoms. The minimum absolute atomic E-state index is 0.680. The highest BCUT2D eigenvalue weighted by atomic mass is 15.3. The number of aromatic nitrogens is 2. The molecule has 1 N–H and O–H groups in total. The van der Waals surface area contributed by atoms with Gasteiger partial charge in [-0.05, 0) is 33.2 Å². The molecular weight excluding hydrogens is 212 g/mol. The zero-order valence-electron chi connectivity index (χ0n) is 11.0. The van der Waals surface area contributed by atoms with Crippen molar-refractivity contribution in [3.63, 3.8) is 0 Å². The maximum Gasteiger partial charge on any atom is 0.225 e. The van der Waals surface area contributed by atoms with Crippen LogP contribution < -0.4 is 10.2 Å². The van der Waals surface area contributed by atoms with Crippen LogP contribution in [0, 0.1) is 6.92 Å². The first-order valence-electron chi connectivity index (χ1n) is 6.56. The number of nitrogens with one attached hydrogen (secondary N) is 1. The first-order valence-corrected chi connectivity index (χ1v) is 6.56. The smallest absolute Gasteiger partial charge is 0.225 e. The van der Waals surface area contributed by atoms with E-state index < -0.39 is 0 Å². The quantitative estimate of drug-likeness (QED) is 0.816. The third-order valence-electron chi connectivity index (χ3n) is 3.22. The molecule has 0 aromatic carbocycles. The standard InChI is InChI=1S/C13H22N4/c1-4-14-8-11-9-15-13(16-10(11)3)17(5-2)12-6-7-12/h9,12,14H,4-8H2,1-3H3. The summed E-state index contributed by atoms with van der Waals surface area (Å²) in [6.45, 7) is 9.18. The molecular formula is C13H22N4. The lowest BCUT2D eigenvalue weighted by Crippen LogP contribution is -2.27. The highest BCUT2D eigenvalue weighted by molar-refractivity contribution is 5.36. The van der Waals surface area contributed by atoms with Crippen LogP contribution in [0.5, 0.6) is 0 Å². The minimum atomic E-state index is 0.680. The van der Waals surface area contributed by atoms with Crippen molar-refractivity contribution >= 4 is 5.95 Å². The summed E-state index contributed by atoms with van der Waals surface area (Å²) in [4.78, 5) is 11.4. The van der Waals surface area contributed by atoms with Crippen LogP contribution in [-0.4, -0.2) is 29.1 Å². The first kappa shape index (κ1) is 12.3. The van der Waals surface area contributed by atoms with Crippen molar-refractivity contribution in [3.05, 3.63) is 17.5 Å². The molecule has 0 unspecified atom stereocenters. The summed E-state index contributed by atoms with van der Waals surface area (Å²) in [6.07, 6.45) is 4.54. The average molecular weight is 234 g/mol. The molecule has 0 amide bonds. The second kappa shape index (κ2) is 5.45. The molecule has 0 radical (unpaired) electrons. The van der Waals surface area contributed by atoms with Crippen molar-refractivity contribution in [3.8, 4) is 0 Å². The Morgan fingerprint density at radius 3 is 2.71 bits per heavy atom. The van der Waals surface area contributed by atoms with Crippen LogP contribution >= 0.6 is 0 Å². The largest absolute Gasteiger partial charge is 0.338 e. The SMILES string of the molecule is CCNCc1cnc(N(CC)C2CC2)nc1C. The van der Waals surface area contributed by atoms with Crippen molar-refractivity contribution in [2.75, 3.05) is 18.0 Å². The molecule has 0 spiro atoms. The molecule has 4 nitrogen and oxygen atoms in total. The van der Waals surface area contributed by atoms with Gasteiger partial charge in [-0.2, -0.15) is 0 Å². The summed E-state index contributed by atoms with van der Waals surface area (Å²) >= 11 is 0. The van der Waals surface area contributed by atoms with Crippen LogP contribution in [0.1, 0.15) is 37.9 Å². The molecule has 1 aliphatic carbocycles. The Bertz CT molecular complexity index is 374. The third kappa shape index (κ3) is 2.94. The van der Waals surface area contributed by atoms with E-state index in [1.54, 1.807) is 0 Å². The fourth-order valence-corrected chi connectivity index (χ4v) is 2.00. The van der Waals surface area contributed by atoms with Crippen LogP contribution in [0.25, 0.3) is 0 Å². The zero-order valence-corrected chi connectivity index (χ0v) is 11.0. The third-order valence-corrected chi connectivity index (χ3v) is 3.22. The van der Waals surface area contributed by atoms with E-state index in [-0.39, 0.29) is 0 Å². The monoisotopic (exact) mass is 234 g/mol. The fourth-order valence-electron chi connectivity index (χ4n) is 2.00. The summed E-state index contributed by atoms with van der Waals surface area (Å²) < 4.78 is 0. The van der Waals surface area contributed by atoms with E-state index in [1.807, 2.05) is 6.20 Å². The number of rotatable bonds is 6. The van der Waals surface area contributed by atoms with Crippen LogP contribution in [-0.2, 0) is 6.54 Å². The maximum atomic E-state index is 4.63. The van der Waals surface area contributed by atoms with E-state index >= 15 is 0 Å². The van der Waals surface area contributed by atoms with Gasteiger partial charge < -0.3 is 10.2 Å². The van der Waals surface area contributed by atoms with Gasteiger partial charge in [0.2, 0.25) is 5.95 Å². The Labute approximate surface area is 103 Å². The Morgan fingerprint density at radius 2 is 2.18 bits per heavy atom. The summed E-state index contributed by atoms with van der Waals surface area (Å²) in [7, 11) is 0. The Kier molecular flexibility index (Phi) is 3.94. The van der Waals surface area contributed by atoms with Gasteiger partial charge in [-0.25, -0.2) is 9.97 Å². The normalized spacial score (nSPS) is 15.0. The van der Waals surface area contributed by atoms with E-state index in [0.29, 0.717) is 6.04 Å². The van der Waals surface area contributed by atoms with Gasteiger partial charge in [0.15, 0.2) is 0 Å². The second-order valence-electron chi connectivity index (χ2n) is 4.58. The van der Waals surface area contributed by atoms with Crippen LogP contribution in [0.3, 0.4) is 0 Å². The van der Waals surface area contributed by atoms with Gasteiger partial charge in [0, 0.05) is 36.6 Å². The van der Waals surface area contributed by atoms with Gasteiger partial charge in [-0.15, -0.1) is 0 Å². The number of anilines is 1. The highest BCUT2D eigenvalue weighted by Crippen LogP contribution is 2.29. The van der Waals surface area contributed by atoms with Gasteiger partial charge in [0.1, 0.15) is 0 Å². The average Bonchev–Trinajstić information content (AvgIpc) is 3.13. The fraction of sp³-hybridized carbons (Fsp3) is 0.692. The molecule has 1 heterocycles. The maximum absolute atomic E-state index is 4.63. The number of hydrogen-bond acceptors (Lipinski definition) is 4. The molecule has 0 aliphatic heterocycles. The summed E-state index contributed by atoms with van der Waals surface area (Å²) in [6, 6.07) is 0.680. The topological polar surface area (TPSA) is 41.1 Å². The summed E-state index contributed by atoms with van der Waals surface area (Å²) in [5, 5.41) is 3.31. The predicted molar refractivity (Wildman–Crippen MR) is 70.2 cm³/mol. The van der Waals surface area contributed by atoms with Gasteiger partial charge in [-0.3, -0.25) is 0 Å². The molecule has 1 saturated carbocycles. The van der Waals surface area contributed by atoms with Crippen molar-refractivity contribution in [1.82, 2.24) is 15.3 Å². The Morgan fingerprint density at radius 1 is 1.41 bits per heavy atom. The molecule has 1 fully saturated rings. The lowest BCUT2D eigenvalue weighted by atomic mass is 10.2. The van der Waals surface area contributed by atoms with Crippen molar-refractivity contribution in [2.45, 2.75) is 46.2 Å². The van der Waals surface area contributed by atoms with Gasteiger partial charge in [0.25, 0.3) is 0 Å². The molecule has 0 saturated heterocycles. The van der Waals surface area contributed by atoms with E-state index in [2.05, 4.69) is 41.0 Å². The number of hydrogen-bond donors (Lipinski definition) is 1. The van der Waals surface area contributed by atoms with E-state index in [0.717, 1.165) is 31.3 Å². The van der Waals surface area contributed by atoms with Crippen molar-refractivity contribution in [1.29, 1.82) is 0 Å². The Hall–Kier alpha value is -1.16. The summed E-state index contributed by atoms with van der Waals surface area (Å²) in [5.41, 5.74) is 2.29. The van der Waals surface area contributed by atoms with E-state index in [1.165, 1.54) is 18.4 Å². The molecule has 2 rings (SSSR count). The van der Waals surface area contributed by atoms with Gasteiger partial charge in [-0.1, -0.05) is 6.92 Å². The molecule has 0 bridgehead atoms. The van der Waals surface area contributed by atoms with Crippen LogP contribution in [0.2, 0.25) is 0 Å². The Balaban J connectivity index is 2.11. The van der Waals surface area contributed by atoms with Crippen LogP contribution in [0.15, 0.2) is 6.20 Å². The summed E-state index contributed by atoms with van der Waals surface area (Å²) in [5.74, 6) is 0.896. The predicted octanol–water partition coefficient (Wildman–Crippen LogP) is 1.88. The molecule has 1 aromatic heterocycles. The zero-order chi connectivity index (χ0) is 12.3. The van der Waals surface area contributed by atoms with Gasteiger partial charge >= 0.3 is 0 Å². The molecule has 94 valence electrons. The van der Waals surface area contributed by atoms with Crippen LogP contribution in [0.4, 0.5) is 5.95 Å². The molecule has 0 atom stereocenters. The lowest BCUT2D eigenvalue weighted by Gasteiger charge is -2.21. The van der Waals surface area contributed by atoms with E-state index in [4.69, 9.17) is 0 Å². The molecule has 1 aromatic rings. The van der Waals surface area contributed by atoms with Crippen molar-refractivity contribution in [2.24, 2.45) is 0 Å². The number of nitrogens with zero attached hydrogens (tertiary/aromatic N) is 3. The highest BCUT2D eigenvalue weighted by Gasteiger charge is 2.29. The first-order chi connectivity index (χ1) is 8.26. The lowest BCUT2D eigenvalue weighted by molar-refractivity contribution is 0.710. The van der Waals surface area contributed by atoms with Crippen molar-refractivity contribution < 1.29 is 0 Å². The molecule has 17 heavy (non-hydrogen) atoms. The second-order valence-corrected chi connectivity index (χ2v) is 4.58. The minimum Gasteiger partial charge on any atom is -0.338 e.